The van der Waals surface area contributed by atoms with Gasteiger partial charge in [-0.25, -0.2) is 4.98 Å². The number of nitrogens with one attached hydrogen (secondary N) is 1. The summed E-state index contributed by atoms with van der Waals surface area (Å²) >= 11 is 0. The van der Waals surface area contributed by atoms with Crippen LogP contribution in [0, 0.1) is 0 Å². The molecular formula is C17H24N4O2S. The van der Waals surface area contributed by atoms with Gasteiger partial charge < -0.3 is 4.57 Å². The van der Waals surface area contributed by atoms with Gasteiger partial charge in [0.1, 0.15) is 11.9 Å². The van der Waals surface area contributed by atoms with E-state index in [1.54, 1.807) is 10.5 Å². The van der Waals surface area contributed by atoms with Crippen molar-refractivity contribution in [3.05, 3.63) is 54.1 Å². The average Bonchev–Trinajstić information content (AvgIpc) is 2.84. The van der Waals surface area contributed by atoms with Crippen molar-refractivity contribution in [2.24, 2.45) is 7.05 Å². The molecule has 1 saturated heterocycles. The molecule has 0 spiro atoms. The predicted octanol–water partition coefficient (Wildman–Crippen LogP) is 2.22. The van der Waals surface area contributed by atoms with E-state index in [-0.39, 0.29) is 0 Å². The fraction of sp³-hybridized carbons (Fsp3) is 0.471. The molecule has 2 heterocycles. The molecule has 24 heavy (non-hydrogen) atoms. The van der Waals surface area contributed by atoms with Gasteiger partial charge in [0.05, 0.1) is 0 Å². The Morgan fingerprint density at radius 2 is 1.75 bits per heavy atom. The molecule has 1 aliphatic heterocycles. The fourth-order valence-electron chi connectivity index (χ4n) is 3.08. The molecule has 1 aromatic heterocycles. The van der Waals surface area contributed by atoms with E-state index in [4.69, 9.17) is 0 Å². The summed E-state index contributed by atoms with van der Waals surface area (Å²) in [6.07, 6.45) is 7.52. The number of hydrogen-bond donors (Lipinski definition) is 1. The van der Waals surface area contributed by atoms with E-state index < -0.39 is 16.3 Å². The Kier molecular flexibility index (Phi) is 5.33. The minimum Gasteiger partial charge on any atom is -0.336 e. The van der Waals surface area contributed by atoms with Crippen molar-refractivity contribution in [2.75, 3.05) is 13.1 Å². The molecule has 1 atom stereocenters. The maximum absolute atomic E-state index is 12.9. The maximum atomic E-state index is 12.9. The van der Waals surface area contributed by atoms with Crippen molar-refractivity contribution in [3.8, 4) is 0 Å². The van der Waals surface area contributed by atoms with Crippen molar-refractivity contribution >= 4 is 10.2 Å². The highest BCUT2D eigenvalue weighted by Crippen LogP contribution is 2.23. The molecule has 7 heteroatoms. The third-order valence-electron chi connectivity index (χ3n) is 4.42. The molecule has 0 unspecified atom stereocenters. The second kappa shape index (κ2) is 7.46. The van der Waals surface area contributed by atoms with Gasteiger partial charge in [-0.3, -0.25) is 0 Å². The van der Waals surface area contributed by atoms with Crippen LogP contribution in [0.4, 0.5) is 0 Å². The zero-order chi connectivity index (χ0) is 17.0. The first-order valence-corrected chi connectivity index (χ1v) is 9.81. The third-order valence-corrected chi connectivity index (χ3v) is 6.00. The third kappa shape index (κ3) is 3.85. The van der Waals surface area contributed by atoms with Crippen LogP contribution in [0.25, 0.3) is 0 Å². The van der Waals surface area contributed by atoms with Crippen LogP contribution >= 0.6 is 0 Å². The summed E-state index contributed by atoms with van der Waals surface area (Å²) in [5, 5.41) is 0. The molecule has 0 radical (unpaired) electrons. The van der Waals surface area contributed by atoms with E-state index in [0.717, 1.165) is 31.2 Å². The molecule has 1 aliphatic rings. The molecule has 2 aromatic rings. The zero-order valence-corrected chi connectivity index (χ0v) is 14.7. The molecule has 3 rings (SSSR count). The molecule has 0 amide bonds. The summed E-state index contributed by atoms with van der Waals surface area (Å²) in [6.45, 7) is 1.16. The number of aromatic nitrogens is 2. The molecule has 1 N–H and O–H groups in total. The van der Waals surface area contributed by atoms with Gasteiger partial charge in [-0.05, 0) is 18.4 Å². The van der Waals surface area contributed by atoms with Gasteiger partial charge in [0.15, 0.2) is 0 Å². The van der Waals surface area contributed by atoms with E-state index in [0.29, 0.717) is 18.9 Å². The molecule has 0 saturated carbocycles. The highest BCUT2D eigenvalue weighted by Gasteiger charge is 2.29. The first kappa shape index (κ1) is 17.1. The van der Waals surface area contributed by atoms with Crippen molar-refractivity contribution < 1.29 is 8.42 Å². The Morgan fingerprint density at radius 3 is 2.33 bits per heavy atom. The van der Waals surface area contributed by atoms with Crippen LogP contribution in [0.2, 0.25) is 0 Å². The standard InChI is InChI=1S/C17H24N4O2S/c1-20-14-11-18-17(20)16(15-9-5-4-6-10-15)19-24(22,23)21-12-7-2-3-8-13-21/h4-6,9-11,14,16,19H,2-3,7-8,12-13H2,1H3/t16-/m1/s1. The van der Waals surface area contributed by atoms with Crippen LogP contribution in [0.15, 0.2) is 42.7 Å². The summed E-state index contributed by atoms with van der Waals surface area (Å²) in [7, 11) is -1.69. The van der Waals surface area contributed by atoms with Crippen LogP contribution in [0.5, 0.6) is 0 Å². The molecular weight excluding hydrogens is 324 g/mol. The molecule has 130 valence electrons. The van der Waals surface area contributed by atoms with Crippen molar-refractivity contribution in [1.29, 1.82) is 0 Å². The lowest BCUT2D eigenvalue weighted by Gasteiger charge is -2.25. The molecule has 1 fully saturated rings. The largest absolute Gasteiger partial charge is 0.336 e. The maximum Gasteiger partial charge on any atom is 0.280 e. The van der Waals surface area contributed by atoms with E-state index in [1.807, 2.05) is 48.1 Å². The number of hydrogen-bond acceptors (Lipinski definition) is 3. The quantitative estimate of drug-likeness (QED) is 0.901. The summed E-state index contributed by atoms with van der Waals surface area (Å²) in [5.41, 5.74) is 0.880. The minimum atomic E-state index is -3.57. The predicted molar refractivity (Wildman–Crippen MR) is 93.6 cm³/mol. The molecule has 6 nitrogen and oxygen atoms in total. The summed E-state index contributed by atoms with van der Waals surface area (Å²) in [6, 6.07) is 9.08. The SMILES string of the molecule is Cn1ccnc1[C@H](NS(=O)(=O)N1CCCCCC1)c1ccccc1. The lowest BCUT2D eigenvalue weighted by molar-refractivity contribution is 0.409. The monoisotopic (exact) mass is 348 g/mol. The van der Waals surface area contributed by atoms with Crippen LogP contribution in [0.3, 0.4) is 0 Å². The Morgan fingerprint density at radius 1 is 1.08 bits per heavy atom. The topological polar surface area (TPSA) is 67.2 Å². The van der Waals surface area contributed by atoms with E-state index in [1.165, 1.54) is 0 Å². The van der Waals surface area contributed by atoms with Crippen molar-refractivity contribution in [1.82, 2.24) is 18.6 Å². The van der Waals surface area contributed by atoms with Gasteiger partial charge in [0.2, 0.25) is 0 Å². The van der Waals surface area contributed by atoms with Crippen LogP contribution in [-0.2, 0) is 17.3 Å². The number of imidazole rings is 1. The first-order chi connectivity index (χ1) is 11.6. The number of aryl methyl sites for hydroxylation is 1. The highest BCUT2D eigenvalue weighted by molar-refractivity contribution is 7.87. The van der Waals surface area contributed by atoms with E-state index in [2.05, 4.69) is 9.71 Å². The minimum absolute atomic E-state index is 0.501. The lowest BCUT2D eigenvalue weighted by atomic mass is 10.1. The fourth-order valence-corrected chi connectivity index (χ4v) is 4.50. The van der Waals surface area contributed by atoms with Crippen LogP contribution in [-0.4, -0.2) is 35.4 Å². The smallest absolute Gasteiger partial charge is 0.280 e. The number of benzene rings is 1. The Hall–Kier alpha value is -1.70. The summed E-state index contributed by atoms with van der Waals surface area (Å²) in [5.74, 6) is 0.680. The van der Waals surface area contributed by atoms with Crippen molar-refractivity contribution in [3.63, 3.8) is 0 Å². The number of rotatable bonds is 5. The highest BCUT2D eigenvalue weighted by atomic mass is 32.2. The molecule has 1 aromatic carbocycles. The van der Waals surface area contributed by atoms with Gasteiger partial charge in [-0.15, -0.1) is 0 Å². The van der Waals surface area contributed by atoms with Crippen LogP contribution in [0.1, 0.15) is 43.1 Å². The van der Waals surface area contributed by atoms with Gasteiger partial charge in [0.25, 0.3) is 10.2 Å². The molecule has 0 aliphatic carbocycles. The van der Waals surface area contributed by atoms with Gasteiger partial charge in [-0.2, -0.15) is 17.4 Å². The Balaban J connectivity index is 1.90. The van der Waals surface area contributed by atoms with Gasteiger partial charge in [0, 0.05) is 32.5 Å². The van der Waals surface area contributed by atoms with E-state index >= 15 is 0 Å². The first-order valence-electron chi connectivity index (χ1n) is 8.37. The van der Waals surface area contributed by atoms with Crippen LogP contribution < -0.4 is 4.72 Å². The van der Waals surface area contributed by atoms with Gasteiger partial charge in [-0.1, -0.05) is 43.2 Å². The second-order valence-electron chi connectivity index (χ2n) is 6.18. The summed E-state index contributed by atoms with van der Waals surface area (Å²) in [4.78, 5) is 4.36. The summed E-state index contributed by atoms with van der Waals surface area (Å²) < 4.78 is 32.1. The normalized spacial score (nSPS) is 18.2. The Labute approximate surface area is 143 Å². The number of nitrogens with zero attached hydrogens (tertiary/aromatic N) is 3. The van der Waals surface area contributed by atoms with Gasteiger partial charge >= 0.3 is 0 Å². The Bertz CT molecular complexity index is 750. The van der Waals surface area contributed by atoms with Crippen molar-refractivity contribution in [2.45, 2.75) is 31.7 Å². The molecule has 0 bridgehead atoms. The lowest BCUT2D eigenvalue weighted by Crippen LogP contribution is -2.43. The van der Waals surface area contributed by atoms with E-state index in [9.17, 15) is 8.42 Å². The second-order valence-corrected chi connectivity index (χ2v) is 7.88. The average molecular weight is 348 g/mol. The zero-order valence-electron chi connectivity index (χ0n) is 13.9.